The number of imidazole rings is 1. The normalized spacial score (nSPS) is 11.4. The van der Waals surface area contributed by atoms with Crippen molar-refractivity contribution in [1.29, 1.82) is 0 Å². The van der Waals surface area contributed by atoms with Crippen LogP contribution in [-0.4, -0.2) is 19.8 Å². The summed E-state index contributed by atoms with van der Waals surface area (Å²) in [6.07, 6.45) is 3.50. The molecule has 0 atom stereocenters. The molecule has 31 heavy (non-hydrogen) atoms. The molecule has 5 nitrogen and oxygen atoms in total. The van der Waals surface area contributed by atoms with Gasteiger partial charge in [-0.15, -0.1) is 0 Å². The number of rotatable bonds is 4. The summed E-state index contributed by atoms with van der Waals surface area (Å²) in [6.45, 7) is -0.172. The minimum Gasteiger partial charge on any atom is -0.392 e. The highest BCUT2D eigenvalue weighted by molar-refractivity contribution is 6.31. The molecular formula is C24H17Cl2N3O2. The van der Waals surface area contributed by atoms with E-state index in [4.69, 9.17) is 27.7 Å². The second kappa shape index (κ2) is 7.85. The quantitative estimate of drug-likeness (QED) is 0.346. The summed E-state index contributed by atoms with van der Waals surface area (Å²) >= 11 is 12.3. The van der Waals surface area contributed by atoms with Gasteiger partial charge < -0.3 is 14.2 Å². The molecule has 0 radical (unpaired) electrons. The average Bonchev–Trinajstić information content (AvgIpc) is 3.39. The van der Waals surface area contributed by atoms with Crippen molar-refractivity contribution in [2.24, 2.45) is 7.05 Å². The SMILES string of the molecule is Cn1cncc1-c1c(CO)c(-c2ccc(Cl)cc2)cc2noc(-c3cccc(Cl)c3)c12. The molecule has 7 heteroatoms. The minimum atomic E-state index is -0.172. The number of aliphatic hydroxyl groups excluding tert-OH is 1. The Morgan fingerprint density at radius 2 is 1.81 bits per heavy atom. The Kier molecular flexibility index (Phi) is 5.02. The van der Waals surface area contributed by atoms with Crippen LogP contribution in [0, 0.1) is 0 Å². The van der Waals surface area contributed by atoms with Gasteiger partial charge in [0.05, 0.1) is 30.2 Å². The molecule has 0 saturated heterocycles. The summed E-state index contributed by atoms with van der Waals surface area (Å²) in [4.78, 5) is 4.29. The first-order valence-electron chi connectivity index (χ1n) is 9.61. The molecule has 0 spiro atoms. The highest BCUT2D eigenvalue weighted by Crippen LogP contribution is 2.43. The smallest absolute Gasteiger partial charge is 0.175 e. The molecule has 0 saturated carbocycles. The molecule has 0 unspecified atom stereocenters. The number of aliphatic hydroxyl groups is 1. The Labute approximate surface area is 188 Å². The van der Waals surface area contributed by atoms with Crippen molar-refractivity contribution in [2.75, 3.05) is 0 Å². The number of fused-ring (bicyclic) bond motifs is 1. The molecule has 0 bridgehead atoms. The molecule has 154 valence electrons. The molecule has 0 aliphatic heterocycles. The van der Waals surface area contributed by atoms with Crippen molar-refractivity contribution in [3.8, 4) is 33.7 Å². The maximum atomic E-state index is 10.5. The molecule has 3 aromatic carbocycles. The Bertz CT molecular complexity index is 1400. The van der Waals surface area contributed by atoms with Crippen molar-refractivity contribution in [3.05, 3.63) is 82.7 Å². The van der Waals surface area contributed by atoms with Gasteiger partial charge >= 0.3 is 0 Å². The van der Waals surface area contributed by atoms with E-state index in [2.05, 4.69) is 10.1 Å². The van der Waals surface area contributed by atoms with Gasteiger partial charge in [-0.25, -0.2) is 4.98 Å². The Morgan fingerprint density at radius 3 is 2.48 bits per heavy atom. The standard InChI is InChI=1S/C24H17Cl2N3O2/c1-29-13-27-11-21(29)22-19(12-30)18(14-5-7-16(25)8-6-14)10-20-23(22)24(31-28-20)15-3-2-4-17(26)9-15/h2-11,13,30H,12H2,1H3. The fourth-order valence-corrected chi connectivity index (χ4v) is 4.23. The van der Waals surface area contributed by atoms with Crippen LogP contribution in [0.5, 0.6) is 0 Å². The maximum absolute atomic E-state index is 10.5. The highest BCUT2D eigenvalue weighted by atomic mass is 35.5. The van der Waals surface area contributed by atoms with E-state index < -0.39 is 0 Å². The molecule has 2 aromatic heterocycles. The van der Waals surface area contributed by atoms with Crippen LogP contribution >= 0.6 is 23.2 Å². The third-order valence-corrected chi connectivity index (χ3v) is 5.84. The summed E-state index contributed by atoms with van der Waals surface area (Å²) < 4.78 is 7.71. The van der Waals surface area contributed by atoms with Crippen LogP contribution in [0.15, 0.2) is 71.6 Å². The second-order valence-corrected chi connectivity index (χ2v) is 8.12. The third-order valence-electron chi connectivity index (χ3n) is 5.35. The minimum absolute atomic E-state index is 0.172. The number of hydrogen-bond donors (Lipinski definition) is 1. The average molecular weight is 450 g/mol. The molecule has 5 aromatic rings. The Balaban J connectivity index is 1.89. The van der Waals surface area contributed by atoms with Gasteiger partial charge in [0, 0.05) is 28.2 Å². The molecule has 2 heterocycles. The fourth-order valence-electron chi connectivity index (χ4n) is 3.91. The molecule has 1 N–H and O–H groups in total. The first-order chi connectivity index (χ1) is 15.1. The van der Waals surface area contributed by atoms with Gasteiger partial charge in [-0.05, 0) is 47.0 Å². The first-order valence-corrected chi connectivity index (χ1v) is 10.4. The molecule has 0 fully saturated rings. The van der Waals surface area contributed by atoms with E-state index in [1.54, 1.807) is 12.5 Å². The predicted molar refractivity (Wildman–Crippen MR) is 123 cm³/mol. The lowest BCUT2D eigenvalue weighted by Gasteiger charge is -2.16. The zero-order valence-corrected chi connectivity index (χ0v) is 18.0. The van der Waals surface area contributed by atoms with Crippen LogP contribution in [0.4, 0.5) is 0 Å². The number of halogens is 2. The van der Waals surface area contributed by atoms with E-state index in [-0.39, 0.29) is 6.61 Å². The van der Waals surface area contributed by atoms with Crippen LogP contribution in [-0.2, 0) is 13.7 Å². The molecule has 0 amide bonds. The monoisotopic (exact) mass is 449 g/mol. The van der Waals surface area contributed by atoms with Crippen molar-refractivity contribution in [1.82, 2.24) is 14.7 Å². The number of hydrogen-bond acceptors (Lipinski definition) is 4. The predicted octanol–water partition coefficient (Wildman–Crippen LogP) is 6.36. The second-order valence-electron chi connectivity index (χ2n) is 7.25. The van der Waals surface area contributed by atoms with Crippen molar-refractivity contribution in [2.45, 2.75) is 6.61 Å². The molecule has 0 aliphatic carbocycles. The van der Waals surface area contributed by atoms with Crippen LogP contribution in [0.25, 0.3) is 44.6 Å². The van der Waals surface area contributed by atoms with Crippen molar-refractivity contribution < 1.29 is 9.63 Å². The van der Waals surface area contributed by atoms with E-state index in [0.717, 1.165) is 38.9 Å². The van der Waals surface area contributed by atoms with Gasteiger partial charge in [0.25, 0.3) is 0 Å². The number of benzene rings is 3. The Hall–Kier alpha value is -3.12. The largest absolute Gasteiger partial charge is 0.392 e. The summed E-state index contributed by atoms with van der Waals surface area (Å²) in [7, 11) is 1.91. The number of aromatic nitrogens is 3. The van der Waals surface area contributed by atoms with Crippen LogP contribution in [0.3, 0.4) is 0 Å². The number of nitrogens with zero attached hydrogens (tertiary/aromatic N) is 3. The molecular weight excluding hydrogens is 433 g/mol. The maximum Gasteiger partial charge on any atom is 0.175 e. The first kappa shape index (κ1) is 19.8. The van der Waals surface area contributed by atoms with Crippen LogP contribution < -0.4 is 0 Å². The van der Waals surface area contributed by atoms with E-state index in [1.807, 2.05) is 66.2 Å². The third kappa shape index (κ3) is 3.41. The topological polar surface area (TPSA) is 64.1 Å². The lowest BCUT2D eigenvalue weighted by Crippen LogP contribution is -1.99. The zero-order valence-electron chi connectivity index (χ0n) is 16.5. The van der Waals surface area contributed by atoms with Crippen molar-refractivity contribution in [3.63, 3.8) is 0 Å². The Morgan fingerprint density at radius 1 is 1.00 bits per heavy atom. The van der Waals surface area contributed by atoms with E-state index in [1.165, 1.54) is 0 Å². The summed E-state index contributed by atoms with van der Waals surface area (Å²) in [5.74, 6) is 0.589. The lowest BCUT2D eigenvalue weighted by atomic mass is 9.90. The van der Waals surface area contributed by atoms with Gasteiger partial charge in [0.2, 0.25) is 0 Å². The summed E-state index contributed by atoms with van der Waals surface area (Å²) in [5, 5.41) is 16.9. The summed E-state index contributed by atoms with van der Waals surface area (Å²) in [5.41, 5.74) is 5.68. The molecule has 5 rings (SSSR count). The van der Waals surface area contributed by atoms with Gasteiger partial charge in [0.15, 0.2) is 5.76 Å². The van der Waals surface area contributed by atoms with E-state index >= 15 is 0 Å². The summed E-state index contributed by atoms with van der Waals surface area (Å²) in [6, 6.07) is 16.9. The van der Waals surface area contributed by atoms with E-state index in [0.29, 0.717) is 21.3 Å². The van der Waals surface area contributed by atoms with Crippen LogP contribution in [0.1, 0.15) is 5.56 Å². The van der Waals surface area contributed by atoms with Gasteiger partial charge in [0.1, 0.15) is 5.52 Å². The van der Waals surface area contributed by atoms with E-state index in [9.17, 15) is 5.11 Å². The number of aryl methyl sites for hydroxylation is 1. The van der Waals surface area contributed by atoms with Gasteiger partial charge in [-0.3, -0.25) is 0 Å². The van der Waals surface area contributed by atoms with Crippen LogP contribution in [0.2, 0.25) is 10.0 Å². The zero-order chi connectivity index (χ0) is 21.5. The molecule has 0 aliphatic rings. The highest BCUT2D eigenvalue weighted by Gasteiger charge is 2.24. The van der Waals surface area contributed by atoms with Crippen molar-refractivity contribution >= 4 is 34.1 Å². The lowest BCUT2D eigenvalue weighted by molar-refractivity contribution is 0.283. The van der Waals surface area contributed by atoms with Gasteiger partial charge in [-0.1, -0.05) is 52.6 Å². The van der Waals surface area contributed by atoms with Gasteiger partial charge in [-0.2, -0.15) is 0 Å². The fraction of sp³-hybridized carbons (Fsp3) is 0.0833.